The molecule has 3 aromatic rings. The van der Waals surface area contributed by atoms with E-state index in [1.54, 1.807) is 6.07 Å². The summed E-state index contributed by atoms with van der Waals surface area (Å²) in [7, 11) is 1.88. The Labute approximate surface area is 133 Å². The quantitative estimate of drug-likeness (QED) is 0.703. The molecule has 108 valence electrons. The maximum absolute atomic E-state index is 6.33. The van der Waals surface area contributed by atoms with Crippen LogP contribution in [0, 0.1) is 6.92 Å². The number of fused-ring (bicyclic) bond motifs is 1. The maximum Gasteiger partial charge on any atom is 0.134 e. The Kier molecular flexibility index (Phi) is 3.94. The highest BCUT2D eigenvalue weighted by molar-refractivity contribution is 6.42. The third-order valence-electron chi connectivity index (χ3n) is 3.56. The van der Waals surface area contributed by atoms with Crippen LogP contribution in [-0.4, -0.2) is 7.05 Å². The Morgan fingerprint density at radius 3 is 2.67 bits per heavy atom. The Morgan fingerprint density at radius 1 is 1.10 bits per heavy atom. The first-order valence-electron chi connectivity index (χ1n) is 6.71. The second-order valence-electron chi connectivity index (χ2n) is 5.05. The molecule has 0 saturated carbocycles. The van der Waals surface area contributed by atoms with Crippen LogP contribution in [-0.2, 0) is 0 Å². The minimum atomic E-state index is -0.135. The number of halogens is 2. The SMILES string of the molecule is CNC(c1cc2cc(C)ccc2o1)c1cccc(Cl)c1Cl. The van der Waals surface area contributed by atoms with E-state index in [1.807, 2.05) is 37.4 Å². The van der Waals surface area contributed by atoms with Crippen LogP contribution in [0.2, 0.25) is 10.0 Å². The first kappa shape index (κ1) is 14.5. The molecule has 0 fully saturated rings. The molecule has 0 aliphatic heterocycles. The fraction of sp³-hybridized carbons (Fsp3) is 0.176. The van der Waals surface area contributed by atoms with Crippen LogP contribution in [0.15, 0.2) is 46.9 Å². The van der Waals surface area contributed by atoms with E-state index in [1.165, 1.54) is 5.56 Å². The Hall–Kier alpha value is -1.48. The molecule has 1 aromatic heterocycles. The number of rotatable bonds is 3. The van der Waals surface area contributed by atoms with Crippen molar-refractivity contribution in [2.24, 2.45) is 0 Å². The van der Waals surface area contributed by atoms with Crippen LogP contribution in [0.3, 0.4) is 0 Å². The molecule has 4 heteroatoms. The van der Waals surface area contributed by atoms with Crippen molar-refractivity contribution in [1.82, 2.24) is 5.32 Å². The van der Waals surface area contributed by atoms with E-state index in [2.05, 4.69) is 18.3 Å². The first-order chi connectivity index (χ1) is 10.1. The number of hydrogen-bond donors (Lipinski definition) is 1. The average molecular weight is 320 g/mol. The lowest BCUT2D eigenvalue weighted by Gasteiger charge is -2.16. The Bertz CT molecular complexity index is 795. The first-order valence-corrected chi connectivity index (χ1v) is 7.47. The predicted octanol–water partition coefficient (Wildman–Crippen LogP) is 5.36. The molecular formula is C17H15Cl2NO. The fourth-order valence-corrected chi connectivity index (χ4v) is 2.94. The molecule has 0 aliphatic carbocycles. The van der Waals surface area contributed by atoms with Crippen molar-refractivity contribution in [3.05, 3.63) is 69.4 Å². The number of furan rings is 1. The summed E-state index contributed by atoms with van der Waals surface area (Å²) in [6.45, 7) is 2.06. The molecule has 3 rings (SSSR count). The third-order valence-corrected chi connectivity index (χ3v) is 4.39. The van der Waals surface area contributed by atoms with Gasteiger partial charge in [-0.25, -0.2) is 0 Å². The lowest BCUT2D eigenvalue weighted by molar-refractivity contribution is 0.491. The van der Waals surface area contributed by atoms with Crippen molar-refractivity contribution in [3.8, 4) is 0 Å². The van der Waals surface area contributed by atoms with Crippen molar-refractivity contribution < 1.29 is 4.42 Å². The molecule has 1 unspecified atom stereocenters. The van der Waals surface area contributed by atoms with Gasteiger partial charge in [0.25, 0.3) is 0 Å². The van der Waals surface area contributed by atoms with Crippen molar-refractivity contribution in [2.75, 3.05) is 7.05 Å². The summed E-state index contributed by atoms with van der Waals surface area (Å²) in [5.41, 5.74) is 2.98. The standard InChI is InChI=1S/C17H15Cl2NO/c1-10-6-7-14-11(8-10)9-15(21-14)17(20-2)12-4-3-5-13(18)16(12)19/h3-9,17,20H,1-2H3. The molecular weight excluding hydrogens is 305 g/mol. The third kappa shape index (κ3) is 2.67. The van der Waals surface area contributed by atoms with E-state index in [0.29, 0.717) is 10.0 Å². The van der Waals surface area contributed by atoms with Gasteiger partial charge in [0.05, 0.1) is 16.1 Å². The summed E-state index contributed by atoms with van der Waals surface area (Å²) < 4.78 is 5.96. The van der Waals surface area contributed by atoms with Gasteiger partial charge >= 0.3 is 0 Å². The average Bonchev–Trinajstić information content (AvgIpc) is 2.87. The highest BCUT2D eigenvalue weighted by atomic mass is 35.5. The number of benzene rings is 2. The smallest absolute Gasteiger partial charge is 0.134 e. The topological polar surface area (TPSA) is 25.2 Å². The van der Waals surface area contributed by atoms with Gasteiger partial charge in [-0.05, 0) is 43.8 Å². The largest absolute Gasteiger partial charge is 0.459 e. The molecule has 2 nitrogen and oxygen atoms in total. The van der Waals surface area contributed by atoms with Crippen LogP contribution < -0.4 is 5.32 Å². The van der Waals surface area contributed by atoms with Crippen LogP contribution in [0.1, 0.15) is 22.9 Å². The molecule has 0 radical (unpaired) electrons. The molecule has 1 heterocycles. The van der Waals surface area contributed by atoms with Crippen LogP contribution in [0.4, 0.5) is 0 Å². The van der Waals surface area contributed by atoms with Crippen molar-refractivity contribution in [2.45, 2.75) is 13.0 Å². The second kappa shape index (κ2) is 5.72. The Balaban J connectivity index is 2.11. The van der Waals surface area contributed by atoms with Crippen LogP contribution in [0.25, 0.3) is 11.0 Å². The molecule has 0 saturated heterocycles. The number of nitrogens with one attached hydrogen (secondary N) is 1. The molecule has 1 N–H and O–H groups in total. The minimum absolute atomic E-state index is 0.135. The minimum Gasteiger partial charge on any atom is -0.459 e. The molecule has 2 aromatic carbocycles. The maximum atomic E-state index is 6.33. The van der Waals surface area contributed by atoms with Gasteiger partial charge in [-0.1, -0.05) is 47.0 Å². The second-order valence-corrected chi connectivity index (χ2v) is 5.84. The number of aryl methyl sites for hydroxylation is 1. The summed E-state index contributed by atoms with van der Waals surface area (Å²) in [5, 5.41) is 5.42. The van der Waals surface area contributed by atoms with Gasteiger partial charge in [-0.3, -0.25) is 0 Å². The zero-order chi connectivity index (χ0) is 15.0. The summed E-state index contributed by atoms with van der Waals surface area (Å²) in [6.07, 6.45) is 0. The fourth-order valence-electron chi connectivity index (χ4n) is 2.52. The zero-order valence-corrected chi connectivity index (χ0v) is 13.3. The molecule has 0 amide bonds. The molecule has 1 atom stereocenters. The van der Waals surface area contributed by atoms with Gasteiger partial charge in [-0.2, -0.15) is 0 Å². The van der Waals surface area contributed by atoms with E-state index >= 15 is 0 Å². The van der Waals surface area contributed by atoms with Gasteiger partial charge in [0, 0.05) is 5.39 Å². The van der Waals surface area contributed by atoms with Crippen molar-refractivity contribution in [3.63, 3.8) is 0 Å². The summed E-state index contributed by atoms with van der Waals surface area (Å²) in [5.74, 6) is 0.822. The highest BCUT2D eigenvalue weighted by Crippen LogP contribution is 2.35. The van der Waals surface area contributed by atoms with E-state index in [9.17, 15) is 0 Å². The molecule has 0 spiro atoms. The normalized spacial score (nSPS) is 12.8. The van der Waals surface area contributed by atoms with Crippen molar-refractivity contribution in [1.29, 1.82) is 0 Å². The summed E-state index contributed by atoms with van der Waals surface area (Å²) in [6, 6.07) is 13.7. The molecule has 0 bridgehead atoms. The van der Waals surface area contributed by atoms with Crippen LogP contribution >= 0.6 is 23.2 Å². The van der Waals surface area contributed by atoms with Gasteiger partial charge in [0.2, 0.25) is 0 Å². The zero-order valence-electron chi connectivity index (χ0n) is 11.8. The van der Waals surface area contributed by atoms with E-state index in [0.717, 1.165) is 22.3 Å². The molecule has 0 aliphatic rings. The van der Waals surface area contributed by atoms with Gasteiger partial charge < -0.3 is 9.73 Å². The number of hydrogen-bond acceptors (Lipinski definition) is 2. The van der Waals surface area contributed by atoms with Gasteiger partial charge in [-0.15, -0.1) is 0 Å². The van der Waals surface area contributed by atoms with Crippen LogP contribution in [0.5, 0.6) is 0 Å². The van der Waals surface area contributed by atoms with E-state index in [4.69, 9.17) is 27.6 Å². The summed E-state index contributed by atoms with van der Waals surface area (Å²) in [4.78, 5) is 0. The Morgan fingerprint density at radius 2 is 1.90 bits per heavy atom. The van der Waals surface area contributed by atoms with Crippen molar-refractivity contribution >= 4 is 34.2 Å². The highest BCUT2D eigenvalue weighted by Gasteiger charge is 2.20. The monoisotopic (exact) mass is 319 g/mol. The lowest BCUT2D eigenvalue weighted by atomic mass is 10.0. The van der Waals surface area contributed by atoms with E-state index in [-0.39, 0.29) is 6.04 Å². The predicted molar refractivity (Wildman–Crippen MR) is 88.3 cm³/mol. The van der Waals surface area contributed by atoms with E-state index < -0.39 is 0 Å². The van der Waals surface area contributed by atoms with Gasteiger partial charge in [0.1, 0.15) is 11.3 Å². The lowest BCUT2D eigenvalue weighted by Crippen LogP contribution is -2.17. The van der Waals surface area contributed by atoms with Gasteiger partial charge in [0.15, 0.2) is 0 Å². The summed E-state index contributed by atoms with van der Waals surface area (Å²) >= 11 is 12.4. The molecule has 21 heavy (non-hydrogen) atoms.